The number of phenolic OH excluding ortho intramolecular Hbond substituents is 1. The maximum atomic E-state index is 10.0. The van der Waals surface area contributed by atoms with Crippen LogP contribution >= 0.6 is 11.3 Å². The maximum absolute atomic E-state index is 10.0. The molecule has 0 radical (unpaired) electrons. The molecular formula is C14H16NO3S+. The van der Waals surface area contributed by atoms with Crippen molar-refractivity contribution in [2.75, 3.05) is 13.8 Å². The van der Waals surface area contributed by atoms with Gasteiger partial charge in [-0.25, -0.2) is 0 Å². The Labute approximate surface area is 115 Å². The smallest absolute Gasteiger partial charge is 0.231 e. The maximum Gasteiger partial charge on any atom is 0.231 e. The van der Waals surface area contributed by atoms with Gasteiger partial charge in [-0.15, -0.1) is 0 Å². The molecule has 0 saturated carbocycles. The third kappa shape index (κ3) is 2.67. The number of rotatable bonds is 4. The lowest BCUT2D eigenvalue weighted by Crippen LogP contribution is -3.06. The largest absolute Gasteiger partial charge is 0.507 e. The summed E-state index contributed by atoms with van der Waals surface area (Å²) in [5.74, 6) is 1.61. The highest BCUT2D eigenvalue weighted by Crippen LogP contribution is 2.37. The number of quaternary nitrogens is 1. The van der Waals surface area contributed by atoms with Crippen LogP contribution in [-0.2, 0) is 13.1 Å². The van der Waals surface area contributed by atoms with E-state index in [1.165, 1.54) is 10.5 Å². The summed E-state index contributed by atoms with van der Waals surface area (Å²) in [6.07, 6.45) is 0. The Morgan fingerprint density at radius 1 is 1.26 bits per heavy atom. The van der Waals surface area contributed by atoms with Gasteiger partial charge in [-0.05, 0) is 22.9 Å². The lowest BCUT2D eigenvalue weighted by Gasteiger charge is -2.14. The molecule has 1 aliphatic rings. The predicted molar refractivity (Wildman–Crippen MR) is 72.8 cm³/mol. The monoisotopic (exact) mass is 278 g/mol. The van der Waals surface area contributed by atoms with Crippen LogP contribution in [0.15, 0.2) is 29.0 Å². The molecular weight excluding hydrogens is 262 g/mol. The van der Waals surface area contributed by atoms with Gasteiger partial charge in [0, 0.05) is 11.6 Å². The molecule has 1 unspecified atom stereocenters. The number of aromatic hydroxyl groups is 1. The van der Waals surface area contributed by atoms with Gasteiger partial charge in [0.2, 0.25) is 6.79 Å². The van der Waals surface area contributed by atoms with Crippen LogP contribution < -0.4 is 14.4 Å². The van der Waals surface area contributed by atoms with Crippen LogP contribution in [0.25, 0.3) is 0 Å². The Hall–Kier alpha value is -1.72. The van der Waals surface area contributed by atoms with E-state index < -0.39 is 0 Å². The molecule has 4 nitrogen and oxygen atoms in total. The summed E-state index contributed by atoms with van der Waals surface area (Å²) >= 11 is 1.71. The van der Waals surface area contributed by atoms with Crippen molar-refractivity contribution in [3.05, 3.63) is 40.1 Å². The summed E-state index contributed by atoms with van der Waals surface area (Å²) in [7, 11) is 2.11. The van der Waals surface area contributed by atoms with Gasteiger partial charge in [-0.2, -0.15) is 11.3 Å². The van der Waals surface area contributed by atoms with Crippen LogP contribution in [0.4, 0.5) is 0 Å². The molecule has 0 aliphatic carbocycles. The van der Waals surface area contributed by atoms with Gasteiger partial charge < -0.3 is 19.5 Å². The molecule has 0 bridgehead atoms. The molecule has 0 saturated heterocycles. The van der Waals surface area contributed by atoms with Crippen molar-refractivity contribution in [2.45, 2.75) is 13.1 Å². The van der Waals surface area contributed by atoms with Gasteiger partial charge in [0.15, 0.2) is 11.5 Å². The van der Waals surface area contributed by atoms with Crippen LogP contribution in [0, 0.1) is 0 Å². The van der Waals surface area contributed by atoms with Crippen LogP contribution in [0.5, 0.6) is 17.2 Å². The topological polar surface area (TPSA) is 43.1 Å². The molecule has 0 amide bonds. The number of ether oxygens (including phenoxy) is 2. The first-order valence-electron chi connectivity index (χ1n) is 6.16. The van der Waals surface area contributed by atoms with Crippen molar-refractivity contribution in [1.82, 2.24) is 0 Å². The fraction of sp³-hybridized carbons (Fsp3) is 0.286. The van der Waals surface area contributed by atoms with Gasteiger partial charge >= 0.3 is 0 Å². The molecule has 1 aromatic heterocycles. The zero-order chi connectivity index (χ0) is 13.2. The highest BCUT2D eigenvalue weighted by Gasteiger charge is 2.18. The fourth-order valence-electron chi connectivity index (χ4n) is 2.24. The molecule has 1 aliphatic heterocycles. The molecule has 2 aromatic rings. The molecule has 0 fully saturated rings. The minimum atomic E-state index is 0.232. The van der Waals surface area contributed by atoms with Crippen molar-refractivity contribution in [1.29, 1.82) is 0 Å². The fourth-order valence-corrected chi connectivity index (χ4v) is 2.91. The summed E-state index contributed by atoms with van der Waals surface area (Å²) in [6, 6.07) is 5.64. The molecule has 2 heterocycles. The number of fused-ring (bicyclic) bond motifs is 1. The van der Waals surface area contributed by atoms with E-state index in [9.17, 15) is 5.11 Å². The van der Waals surface area contributed by atoms with Crippen molar-refractivity contribution in [3.8, 4) is 17.2 Å². The third-order valence-corrected chi connectivity index (χ3v) is 3.88. The zero-order valence-electron chi connectivity index (χ0n) is 10.7. The van der Waals surface area contributed by atoms with E-state index >= 15 is 0 Å². The summed E-state index contributed by atoms with van der Waals surface area (Å²) < 4.78 is 10.6. The number of thiophene rings is 1. The second kappa shape index (κ2) is 5.11. The summed E-state index contributed by atoms with van der Waals surface area (Å²) in [6.45, 7) is 1.92. The summed E-state index contributed by atoms with van der Waals surface area (Å²) in [4.78, 5) is 1.31. The first-order chi connectivity index (χ1) is 9.22. The molecule has 100 valence electrons. The number of phenols is 1. The van der Waals surface area contributed by atoms with E-state index in [1.54, 1.807) is 17.4 Å². The Kier molecular flexibility index (Phi) is 3.31. The molecule has 19 heavy (non-hydrogen) atoms. The Bertz CT molecular complexity index is 568. The van der Waals surface area contributed by atoms with Gasteiger partial charge in [0.1, 0.15) is 18.8 Å². The molecule has 0 spiro atoms. The lowest BCUT2D eigenvalue weighted by atomic mass is 10.1. The van der Waals surface area contributed by atoms with Crippen LogP contribution in [0.3, 0.4) is 0 Å². The van der Waals surface area contributed by atoms with E-state index in [2.05, 4.69) is 23.9 Å². The quantitative estimate of drug-likeness (QED) is 0.888. The molecule has 1 aromatic carbocycles. The zero-order valence-corrected chi connectivity index (χ0v) is 11.5. The van der Waals surface area contributed by atoms with E-state index in [4.69, 9.17) is 9.47 Å². The molecule has 3 rings (SSSR count). The normalized spacial score (nSPS) is 14.6. The average molecular weight is 278 g/mol. The second-order valence-electron chi connectivity index (χ2n) is 4.78. The Morgan fingerprint density at radius 2 is 2.05 bits per heavy atom. The summed E-state index contributed by atoms with van der Waals surface area (Å²) in [5.41, 5.74) is 2.21. The SMILES string of the molecule is C[NH+](Cc1ccsc1)Cc1cc2c(cc1O)OCO2. The van der Waals surface area contributed by atoms with E-state index in [1.807, 2.05) is 6.07 Å². The average Bonchev–Trinajstić information content (AvgIpc) is 3.00. The van der Waals surface area contributed by atoms with E-state index in [0.29, 0.717) is 5.75 Å². The van der Waals surface area contributed by atoms with Crippen molar-refractivity contribution >= 4 is 11.3 Å². The Balaban J connectivity index is 1.72. The first kappa shape index (κ1) is 12.3. The minimum Gasteiger partial charge on any atom is -0.507 e. The van der Waals surface area contributed by atoms with Gasteiger partial charge in [0.25, 0.3) is 0 Å². The number of benzene rings is 1. The predicted octanol–water partition coefficient (Wildman–Crippen LogP) is 1.40. The van der Waals surface area contributed by atoms with Gasteiger partial charge in [-0.1, -0.05) is 0 Å². The highest BCUT2D eigenvalue weighted by atomic mass is 32.1. The number of hydrogen-bond donors (Lipinski definition) is 2. The van der Waals surface area contributed by atoms with E-state index in [0.717, 1.165) is 24.4 Å². The molecule has 1 atom stereocenters. The molecule has 2 N–H and O–H groups in total. The van der Waals surface area contributed by atoms with Crippen molar-refractivity contribution in [2.24, 2.45) is 0 Å². The second-order valence-corrected chi connectivity index (χ2v) is 5.56. The number of nitrogens with one attached hydrogen (secondary N) is 1. The molecule has 5 heteroatoms. The van der Waals surface area contributed by atoms with Crippen molar-refractivity contribution < 1.29 is 19.5 Å². The highest BCUT2D eigenvalue weighted by molar-refractivity contribution is 7.07. The third-order valence-electron chi connectivity index (χ3n) is 3.15. The van der Waals surface area contributed by atoms with Crippen LogP contribution in [0.2, 0.25) is 0 Å². The Morgan fingerprint density at radius 3 is 2.79 bits per heavy atom. The summed E-state index contributed by atoms with van der Waals surface area (Å²) in [5, 5.41) is 14.2. The van der Waals surface area contributed by atoms with Gasteiger partial charge in [-0.3, -0.25) is 0 Å². The van der Waals surface area contributed by atoms with Crippen molar-refractivity contribution in [3.63, 3.8) is 0 Å². The first-order valence-corrected chi connectivity index (χ1v) is 7.10. The lowest BCUT2D eigenvalue weighted by molar-refractivity contribution is -0.907. The van der Waals surface area contributed by atoms with Crippen LogP contribution in [0.1, 0.15) is 11.1 Å². The standard InChI is InChI=1S/C14H15NO3S/c1-15(6-10-2-3-19-8-10)7-11-4-13-14(5-12(11)16)18-9-17-13/h2-5,8,16H,6-7,9H2,1H3/p+1. The van der Waals surface area contributed by atoms with E-state index in [-0.39, 0.29) is 12.5 Å². The minimum absolute atomic E-state index is 0.232. The van der Waals surface area contributed by atoms with Crippen LogP contribution in [-0.4, -0.2) is 18.9 Å². The van der Waals surface area contributed by atoms with Gasteiger partial charge in [0.05, 0.1) is 12.6 Å². The number of hydrogen-bond acceptors (Lipinski definition) is 4.